The predicted molar refractivity (Wildman–Crippen MR) is 85.0 cm³/mol. The number of nitrogens with zero attached hydrogens (tertiary/aromatic N) is 2. The third-order valence-electron chi connectivity index (χ3n) is 5.06. The molecule has 0 amide bonds. The molecule has 20 heavy (non-hydrogen) atoms. The van der Waals surface area contributed by atoms with Crippen molar-refractivity contribution >= 4 is 0 Å². The highest BCUT2D eigenvalue weighted by molar-refractivity contribution is 5.25. The second kappa shape index (κ2) is 6.73. The Labute approximate surface area is 123 Å². The Morgan fingerprint density at radius 3 is 2.20 bits per heavy atom. The van der Waals surface area contributed by atoms with E-state index in [9.17, 15) is 0 Å². The lowest BCUT2D eigenvalue weighted by molar-refractivity contribution is 0.148. The summed E-state index contributed by atoms with van der Waals surface area (Å²) in [7, 11) is 2.22. The fourth-order valence-electron chi connectivity index (χ4n) is 3.60. The van der Waals surface area contributed by atoms with Crippen molar-refractivity contribution in [1.82, 2.24) is 9.80 Å². The van der Waals surface area contributed by atoms with Crippen molar-refractivity contribution in [3.8, 4) is 0 Å². The molecule has 1 aromatic carbocycles. The molecule has 1 aliphatic heterocycles. The lowest BCUT2D eigenvalue weighted by Gasteiger charge is -2.32. The van der Waals surface area contributed by atoms with Gasteiger partial charge in [-0.05, 0) is 36.9 Å². The summed E-state index contributed by atoms with van der Waals surface area (Å²) in [6, 6.07) is 9.51. The van der Waals surface area contributed by atoms with Crippen LogP contribution in [0.1, 0.15) is 49.1 Å². The van der Waals surface area contributed by atoms with E-state index in [1.54, 1.807) is 5.56 Å². The zero-order valence-corrected chi connectivity index (χ0v) is 12.9. The van der Waals surface area contributed by atoms with Gasteiger partial charge < -0.3 is 4.90 Å². The molecule has 0 unspecified atom stereocenters. The number of piperazine rings is 1. The normalized spacial score (nSPS) is 23.1. The first-order chi connectivity index (χ1) is 9.81. The van der Waals surface area contributed by atoms with Crippen LogP contribution in [0.25, 0.3) is 0 Å². The monoisotopic (exact) mass is 272 g/mol. The molecule has 1 aliphatic carbocycles. The SMILES string of the molecule is CN1CCN(Cc2ccc(C3CCCCC3)cc2)CC1. The highest BCUT2D eigenvalue weighted by atomic mass is 15.2. The maximum atomic E-state index is 2.58. The Morgan fingerprint density at radius 1 is 0.900 bits per heavy atom. The maximum Gasteiger partial charge on any atom is 0.0234 e. The van der Waals surface area contributed by atoms with Crippen LogP contribution in [-0.4, -0.2) is 43.0 Å². The zero-order chi connectivity index (χ0) is 13.8. The summed E-state index contributed by atoms with van der Waals surface area (Å²) in [5.41, 5.74) is 3.06. The Kier molecular flexibility index (Phi) is 4.74. The minimum atomic E-state index is 0.835. The molecule has 0 spiro atoms. The van der Waals surface area contributed by atoms with Crippen molar-refractivity contribution in [3.05, 3.63) is 35.4 Å². The van der Waals surface area contributed by atoms with Crippen molar-refractivity contribution in [1.29, 1.82) is 0 Å². The molecule has 0 bridgehead atoms. The van der Waals surface area contributed by atoms with Crippen LogP contribution in [0.5, 0.6) is 0 Å². The molecule has 1 saturated heterocycles. The molecule has 0 radical (unpaired) electrons. The van der Waals surface area contributed by atoms with Crippen LogP contribution in [0.4, 0.5) is 0 Å². The van der Waals surface area contributed by atoms with Crippen molar-refractivity contribution in [2.24, 2.45) is 0 Å². The number of rotatable bonds is 3. The van der Waals surface area contributed by atoms with Gasteiger partial charge >= 0.3 is 0 Å². The van der Waals surface area contributed by atoms with E-state index >= 15 is 0 Å². The van der Waals surface area contributed by atoms with Gasteiger partial charge in [0.05, 0.1) is 0 Å². The molecule has 110 valence electrons. The van der Waals surface area contributed by atoms with Gasteiger partial charge in [-0.15, -0.1) is 0 Å². The van der Waals surface area contributed by atoms with Crippen molar-refractivity contribution in [3.63, 3.8) is 0 Å². The van der Waals surface area contributed by atoms with Crippen molar-refractivity contribution in [2.75, 3.05) is 33.2 Å². The minimum absolute atomic E-state index is 0.835. The van der Waals surface area contributed by atoms with E-state index in [-0.39, 0.29) is 0 Å². The zero-order valence-electron chi connectivity index (χ0n) is 12.9. The summed E-state index contributed by atoms with van der Waals surface area (Å²) >= 11 is 0. The molecule has 0 N–H and O–H groups in total. The van der Waals surface area contributed by atoms with Crippen LogP contribution in [0, 0.1) is 0 Å². The van der Waals surface area contributed by atoms with Crippen LogP contribution in [0.2, 0.25) is 0 Å². The maximum absolute atomic E-state index is 2.58. The highest BCUT2D eigenvalue weighted by Gasteiger charge is 2.16. The van der Waals surface area contributed by atoms with Gasteiger partial charge in [0.2, 0.25) is 0 Å². The van der Waals surface area contributed by atoms with Gasteiger partial charge in [0.25, 0.3) is 0 Å². The summed E-state index contributed by atoms with van der Waals surface area (Å²) in [4.78, 5) is 5.00. The van der Waals surface area contributed by atoms with E-state index in [1.807, 2.05) is 0 Å². The van der Waals surface area contributed by atoms with Crippen LogP contribution in [0.3, 0.4) is 0 Å². The lowest BCUT2D eigenvalue weighted by Crippen LogP contribution is -2.43. The first-order valence-electron chi connectivity index (χ1n) is 8.31. The molecule has 3 rings (SSSR count). The van der Waals surface area contributed by atoms with Gasteiger partial charge in [0.15, 0.2) is 0 Å². The predicted octanol–water partition coefficient (Wildman–Crippen LogP) is 3.48. The van der Waals surface area contributed by atoms with Crippen LogP contribution in [-0.2, 0) is 6.54 Å². The number of hydrogen-bond donors (Lipinski definition) is 0. The molecule has 0 atom stereocenters. The molecular formula is C18H28N2. The van der Waals surface area contributed by atoms with Gasteiger partial charge in [-0.1, -0.05) is 43.5 Å². The Morgan fingerprint density at radius 2 is 1.55 bits per heavy atom. The number of likely N-dealkylation sites (N-methyl/N-ethyl adjacent to an activating group) is 1. The molecule has 2 aliphatic rings. The smallest absolute Gasteiger partial charge is 0.0234 e. The third-order valence-corrected chi connectivity index (χ3v) is 5.06. The van der Waals surface area contributed by atoms with E-state index in [4.69, 9.17) is 0 Å². The molecule has 2 fully saturated rings. The molecule has 0 aromatic heterocycles. The van der Waals surface area contributed by atoms with Crippen LogP contribution >= 0.6 is 0 Å². The average molecular weight is 272 g/mol. The molecular weight excluding hydrogens is 244 g/mol. The second-order valence-corrected chi connectivity index (χ2v) is 6.66. The largest absolute Gasteiger partial charge is 0.304 e. The number of benzene rings is 1. The van der Waals surface area contributed by atoms with Gasteiger partial charge in [-0.3, -0.25) is 4.90 Å². The molecule has 1 saturated carbocycles. The lowest BCUT2D eigenvalue weighted by atomic mass is 9.84. The summed E-state index contributed by atoms with van der Waals surface area (Å²) in [5, 5.41) is 0. The first-order valence-corrected chi connectivity index (χ1v) is 8.31. The standard InChI is InChI=1S/C18H28N2/c1-19-11-13-20(14-12-19)15-16-7-9-18(10-8-16)17-5-3-2-4-6-17/h7-10,17H,2-6,11-15H2,1H3. The first kappa shape index (κ1) is 14.1. The summed E-state index contributed by atoms with van der Waals surface area (Å²) in [6.45, 7) is 5.96. The van der Waals surface area contributed by atoms with Gasteiger partial charge in [-0.25, -0.2) is 0 Å². The Hall–Kier alpha value is -0.860. The summed E-state index contributed by atoms with van der Waals surface area (Å²) in [6.07, 6.45) is 7.09. The van der Waals surface area contributed by atoms with E-state index in [2.05, 4.69) is 41.1 Å². The third kappa shape index (κ3) is 3.62. The molecule has 2 heteroatoms. The minimum Gasteiger partial charge on any atom is -0.304 e. The van der Waals surface area contributed by atoms with Crippen molar-refractivity contribution in [2.45, 2.75) is 44.6 Å². The van der Waals surface area contributed by atoms with E-state index in [0.29, 0.717) is 0 Å². The van der Waals surface area contributed by atoms with Gasteiger partial charge in [0.1, 0.15) is 0 Å². The van der Waals surface area contributed by atoms with Crippen LogP contribution in [0.15, 0.2) is 24.3 Å². The van der Waals surface area contributed by atoms with E-state index in [1.165, 1.54) is 63.8 Å². The average Bonchev–Trinajstić information content (AvgIpc) is 2.51. The fraction of sp³-hybridized carbons (Fsp3) is 0.667. The van der Waals surface area contributed by atoms with Crippen LogP contribution < -0.4 is 0 Å². The Bertz CT molecular complexity index is 398. The molecule has 1 aromatic rings. The molecule has 1 heterocycles. The second-order valence-electron chi connectivity index (χ2n) is 6.66. The Balaban J connectivity index is 1.55. The van der Waals surface area contributed by atoms with Crippen molar-refractivity contribution < 1.29 is 0 Å². The van der Waals surface area contributed by atoms with Gasteiger partial charge in [-0.2, -0.15) is 0 Å². The summed E-state index contributed by atoms with van der Waals surface area (Å²) < 4.78 is 0. The number of hydrogen-bond acceptors (Lipinski definition) is 2. The van der Waals surface area contributed by atoms with Gasteiger partial charge in [0, 0.05) is 32.7 Å². The fourth-order valence-corrected chi connectivity index (χ4v) is 3.60. The topological polar surface area (TPSA) is 6.48 Å². The van der Waals surface area contributed by atoms with E-state index in [0.717, 1.165) is 12.5 Å². The summed E-state index contributed by atoms with van der Waals surface area (Å²) in [5.74, 6) is 0.835. The van der Waals surface area contributed by atoms with E-state index < -0.39 is 0 Å². The molecule has 2 nitrogen and oxygen atoms in total. The highest BCUT2D eigenvalue weighted by Crippen LogP contribution is 2.32. The quantitative estimate of drug-likeness (QED) is 0.831.